The molecule has 1 amide bonds. The van der Waals surface area contributed by atoms with Crippen LogP contribution in [-0.4, -0.2) is 32.7 Å². The molecule has 0 spiro atoms. The van der Waals surface area contributed by atoms with E-state index in [0.717, 1.165) is 16.3 Å². The highest BCUT2D eigenvalue weighted by Gasteiger charge is 2.21. The van der Waals surface area contributed by atoms with Gasteiger partial charge in [0.25, 0.3) is 5.91 Å². The van der Waals surface area contributed by atoms with E-state index >= 15 is 0 Å². The molecular weight excluding hydrogens is 384 g/mol. The average Bonchev–Trinajstić information content (AvgIpc) is 3.06. The van der Waals surface area contributed by atoms with Gasteiger partial charge in [-0.05, 0) is 65.4 Å². The monoisotopic (exact) mass is 406 g/mol. The van der Waals surface area contributed by atoms with Crippen molar-refractivity contribution in [1.29, 1.82) is 0 Å². The molecule has 148 valence electrons. The zero-order chi connectivity index (χ0) is 20.8. The fourth-order valence-electron chi connectivity index (χ4n) is 3.62. The first kappa shape index (κ1) is 19.4. The van der Waals surface area contributed by atoms with Gasteiger partial charge in [-0.25, -0.2) is 12.7 Å². The number of fused-ring (bicyclic) bond motifs is 3. The molecule has 6 heteroatoms. The summed E-state index contributed by atoms with van der Waals surface area (Å²) in [6, 6.07) is 18.8. The molecule has 0 bridgehead atoms. The molecule has 0 unspecified atom stereocenters. The maximum Gasteiger partial charge on any atom is 0.255 e. The first-order chi connectivity index (χ1) is 13.8. The van der Waals surface area contributed by atoms with Crippen molar-refractivity contribution in [3.05, 3.63) is 82.9 Å². The Bertz CT molecular complexity index is 1230. The number of hydrogen-bond donors (Lipinski definition) is 1. The van der Waals surface area contributed by atoms with Crippen LogP contribution in [0.3, 0.4) is 0 Å². The van der Waals surface area contributed by atoms with Gasteiger partial charge in [0.2, 0.25) is 10.0 Å². The number of sulfonamides is 1. The Labute approximate surface area is 171 Å². The molecular formula is C23H22N2O3S. The van der Waals surface area contributed by atoms with E-state index < -0.39 is 10.0 Å². The fraction of sp³-hybridized carbons (Fsp3) is 0.174. The zero-order valence-electron chi connectivity index (χ0n) is 16.6. The molecule has 0 heterocycles. The number of hydrogen-bond acceptors (Lipinski definition) is 3. The highest BCUT2D eigenvalue weighted by Crippen LogP contribution is 2.37. The molecule has 0 aliphatic heterocycles. The van der Waals surface area contributed by atoms with Gasteiger partial charge in [-0.2, -0.15) is 0 Å². The number of nitrogens with one attached hydrogen (secondary N) is 1. The Kier molecular flexibility index (Phi) is 4.76. The van der Waals surface area contributed by atoms with E-state index in [4.69, 9.17) is 0 Å². The fourth-order valence-corrected chi connectivity index (χ4v) is 4.55. The van der Waals surface area contributed by atoms with Crippen molar-refractivity contribution >= 4 is 21.6 Å². The number of rotatable bonds is 4. The van der Waals surface area contributed by atoms with Gasteiger partial charge in [-0.1, -0.05) is 36.4 Å². The van der Waals surface area contributed by atoms with Crippen LogP contribution in [0.1, 0.15) is 27.0 Å². The summed E-state index contributed by atoms with van der Waals surface area (Å²) in [5.74, 6) is -0.329. The molecule has 3 aromatic carbocycles. The molecule has 4 rings (SSSR count). The molecule has 5 nitrogen and oxygen atoms in total. The molecule has 1 aliphatic carbocycles. The molecule has 1 aliphatic rings. The van der Waals surface area contributed by atoms with Crippen molar-refractivity contribution in [1.82, 2.24) is 4.31 Å². The summed E-state index contributed by atoms with van der Waals surface area (Å²) in [6.07, 6.45) is 0.892. The number of nitrogens with zero attached hydrogens (tertiary/aromatic N) is 1. The smallest absolute Gasteiger partial charge is 0.255 e. The largest absolute Gasteiger partial charge is 0.322 e. The summed E-state index contributed by atoms with van der Waals surface area (Å²) in [5, 5.41) is 2.92. The van der Waals surface area contributed by atoms with Crippen LogP contribution in [-0.2, 0) is 16.4 Å². The van der Waals surface area contributed by atoms with E-state index in [1.807, 2.05) is 30.3 Å². The second-order valence-electron chi connectivity index (χ2n) is 7.42. The third-order valence-corrected chi connectivity index (χ3v) is 7.10. The van der Waals surface area contributed by atoms with Crippen molar-refractivity contribution in [2.45, 2.75) is 18.2 Å². The topological polar surface area (TPSA) is 66.5 Å². The first-order valence-corrected chi connectivity index (χ1v) is 10.8. The minimum absolute atomic E-state index is 0.0983. The van der Waals surface area contributed by atoms with E-state index in [0.29, 0.717) is 16.8 Å². The Balaban J connectivity index is 1.65. The van der Waals surface area contributed by atoms with Crippen molar-refractivity contribution in [2.75, 3.05) is 19.4 Å². The van der Waals surface area contributed by atoms with Crippen LogP contribution in [0.5, 0.6) is 0 Å². The summed E-state index contributed by atoms with van der Waals surface area (Å²) in [7, 11) is -0.672. The molecule has 0 fully saturated rings. The van der Waals surface area contributed by atoms with Gasteiger partial charge >= 0.3 is 0 Å². The van der Waals surface area contributed by atoms with Gasteiger partial charge in [-0.3, -0.25) is 4.79 Å². The van der Waals surface area contributed by atoms with Crippen LogP contribution in [0, 0.1) is 6.92 Å². The number of aryl methyl sites for hydroxylation is 1. The van der Waals surface area contributed by atoms with E-state index in [2.05, 4.69) is 17.4 Å². The van der Waals surface area contributed by atoms with E-state index in [1.54, 1.807) is 13.0 Å². The van der Waals surface area contributed by atoms with Crippen LogP contribution in [0.25, 0.3) is 11.1 Å². The Morgan fingerprint density at radius 3 is 2.41 bits per heavy atom. The van der Waals surface area contributed by atoms with Crippen molar-refractivity contribution in [3.8, 4) is 11.1 Å². The lowest BCUT2D eigenvalue weighted by Crippen LogP contribution is -2.23. The number of amides is 1. The van der Waals surface area contributed by atoms with Crippen LogP contribution < -0.4 is 5.32 Å². The number of benzene rings is 3. The molecule has 0 atom stereocenters. The standard InChI is InChI=1S/C23H22N2O3S/c1-15-8-11-19(29(27,28)25(2)3)14-21(15)23(26)24-18-10-9-17-12-16-6-4-5-7-20(16)22(17)13-18/h4-11,13-14H,12H2,1-3H3,(H,24,26). The Hall–Kier alpha value is -2.96. The minimum Gasteiger partial charge on any atom is -0.322 e. The minimum atomic E-state index is -3.61. The second kappa shape index (κ2) is 7.13. The Morgan fingerprint density at radius 2 is 1.66 bits per heavy atom. The SMILES string of the molecule is Cc1ccc(S(=O)(=O)N(C)C)cc1C(=O)Nc1ccc2c(c1)-c1ccccc1C2. The van der Waals surface area contributed by atoms with Crippen molar-refractivity contribution in [2.24, 2.45) is 0 Å². The summed E-state index contributed by atoms with van der Waals surface area (Å²) >= 11 is 0. The van der Waals surface area contributed by atoms with Gasteiger partial charge in [0, 0.05) is 25.3 Å². The molecule has 29 heavy (non-hydrogen) atoms. The summed E-state index contributed by atoms with van der Waals surface area (Å²) in [4.78, 5) is 13.0. The summed E-state index contributed by atoms with van der Waals surface area (Å²) in [5.41, 5.74) is 6.57. The maximum absolute atomic E-state index is 12.9. The highest BCUT2D eigenvalue weighted by atomic mass is 32.2. The lowest BCUT2D eigenvalue weighted by Gasteiger charge is -2.14. The number of carbonyl (C=O) groups excluding carboxylic acids is 1. The highest BCUT2D eigenvalue weighted by molar-refractivity contribution is 7.89. The van der Waals surface area contributed by atoms with Gasteiger partial charge in [0.05, 0.1) is 4.90 Å². The predicted octanol–water partition coefficient (Wildman–Crippen LogP) is 4.07. The quantitative estimate of drug-likeness (QED) is 0.556. The third-order valence-electron chi connectivity index (χ3n) is 5.29. The lowest BCUT2D eigenvalue weighted by molar-refractivity contribution is 0.102. The Morgan fingerprint density at radius 1 is 0.931 bits per heavy atom. The van der Waals surface area contributed by atoms with Crippen LogP contribution in [0.15, 0.2) is 65.6 Å². The van der Waals surface area contributed by atoms with Crippen LogP contribution in [0.4, 0.5) is 5.69 Å². The molecule has 0 aromatic heterocycles. The second-order valence-corrected chi connectivity index (χ2v) is 9.58. The van der Waals surface area contributed by atoms with Gasteiger partial charge < -0.3 is 5.32 Å². The van der Waals surface area contributed by atoms with E-state index in [1.165, 1.54) is 42.9 Å². The lowest BCUT2D eigenvalue weighted by atomic mass is 10.0. The van der Waals surface area contributed by atoms with E-state index in [9.17, 15) is 13.2 Å². The van der Waals surface area contributed by atoms with Crippen LogP contribution in [0.2, 0.25) is 0 Å². The normalized spacial score (nSPS) is 12.6. The number of carbonyl (C=O) groups is 1. The maximum atomic E-state index is 12.9. The molecule has 1 N–H and O–H groups in total. The summed E-state index contributed by atoms with van der Waals surface area (Å²) < 4.78 is 26.0. The average molecular weight is 407 g/mol. The van der Waals surface area contributed by atoms with Gasteiger partial charge in [-0.15, -0.1) is 0 Å². The van der Waals surface area contributed by atoms with Crippen LogP contribution >= 0.6 is 0 Å². The molecule has 0 radical (unpaired) electrons. The van der Waals surface area contributed by atoms with Crippen molar-refractivity contribution in [3.63, 3.8) is 0 Å². The predicted molar refractivity (Wildman–Crippen MR) is 115 cm³/mol. The molecule has 0 saturated heterocycles. The third kappa shape index (κ3) is 3.45. The first-order valence-electron chi connectivity index (χ1n) is 9.33. The summed E-state index contributed by atoms with van der Waals surface area (Å²) in [6.45, 7) is 1.79. The van der Waals surface area contributed by atoms with E-state index in [-0.39, 0.29) is 10.8 Å². The van der Waals surface area contributed by atoms with Crippen molar-refractivity contribution < 1.29 is 13.2 Å². The zero-order valence-corrected chi connectivity index (χ0v) is 17.4. The van der Waals surface area contributed by atoms with Gasteiger partial charge in [0.1, 0.15) is 0 Å². The molecule has 3 aromatic rings. The molecule has 0 saturated carbocycles. The van der Waals surface area contributed by atoms with Gasteiger partial charge in [0.15, 0.2) is 0 Å². The number of anilines is 1.